The van der Waals surface area contributed by atoms with E-state index in [1.807, 2.05) is 0 Å². The minimum absolute atomic E-state index is 0.112. The Hall–Kier alpha value is -1.87. The lowest BCUT2D eigenvalue weighted by Gasteiger charge is -2.11. The minimum atomic E-state index is -0.962. The van der Waals surface area contributed by atoms with E-state index in [1.54, 1.807) is 30.3 Å². The summed E-state index contributed by atoms with van der Waals surface area (Å²) >= 11 is 3.49. The van der Waals surface area contributed by atoms with Crippen LogP contribution in [0.4, 0.5) is 10.7 Å². The van der Waals surface area contributed by atoms with E-state index in [0.717, 1.165) is 30.0 Å². The molecule has 2 aromatic rings. The molecule has 0 atom stereocenters. The van der Waals surface area contributed by atoms with Crippen LogP contribution < -0.4 is 10.1 Å². The second kappa shape index (κ2) is 9.36. The Kier molecular flexibility index (Phi) is 6.89. The molecule has 1 aliphatic rings. The van der Waals surface area contributed by atoms with Gasteiger partial charge in [-0.3, -0.25) is 4.79 Å². The fourth-order valence-electron chi connectivity index (χ4n) is 2.95. The van der Waals surface area contributed by atoms with Gasteiger partial charge in [-0.2, -0.15) is 0 Å². The molecule has 142 valence electrons. The number of ketones is 1. The van der Waals surface area contributed by atoms with Crippen molar-refractivity contribution >= 4 is 56.4 Å². The first-order valence-corrected chi connectivity index (χ1v) is 11.0. The van der Waals surface area contributed by atoms with Crippen molar-refractivity contribution in [2.75, 3.05) is 9.93 Å². The van der Waals surface area contributed by atoms with Gasteiger partial charge in [0.15, 0.2) is 11.5 Å². The molecule has 0 spiro atoms. The summed E-state index contributed by atoms with van der Waals surface area (Å²) < 4.78 is 6.14. The molecule has 1 heterocycles. The zero-order valence-corrected chi connectivity index (χ0v) is 17.6. The van der Waals surface area contributed by atoms with Gasteiger partial charge in [-0.05, 0) is 72.5 Å². The predicted molar refractivity (Wildman–Crippen MR) is 116 cm³/mol. The maximum atomic E-state index is 12.7. The minimum Gasteiger partial charge on any atom is -0.480 e. The van der Waals surface area contributed by atoms with Gasteiger partial charge >= 0.3 is 5.97 Å². The van der Waals surface area contributed by atoms with Gasteiger partial charge in [-0.15, -0.1) is 11.3 Å². The average molecular weight is 497 g/mol. The van der Waals surface area contributed by atoms with Crippen molar-refractivity contribution in [1.82, 2.24) is 0 Å². The number of carboxylic acid groups (broad SMARTS) is 1. The monoisotopic (exact) mass is 497 g/mol. The van der Waals surface area contributed by atoms with Crippen LogP contribution in [-0.4, -0.2) is 21.5 Å². The summed E-state index contributed by atoms with van der Waals surface area (Å²) in [5, 5.41) is 13.0. The Labute approximate surface area is 175 Å². The predicted octanol–water partition coefficient (Wildman–Crippen LogP) is 6.03. The molecule has 0 fully saturated rings. The van der Waals surface area contributed by atoms with E-state index < -0.39 is 5.97 Å². The molecule has 0 unspecified atom stereocenters. The molecule has 7 heteroatoms. The number of benzene rings is 1. The highest BCUT2D eigenvalue weighted by molar-refractivity contribution is 14.1. The van der Waals surface area contributed by atoms with Crippen LogP contribution in [0, 0.1) is 0 Å². The molecule has 1 aliphatic carbocycles. The summed E-state index contributed by atoms with van der Waals surface area (Å²) in [7, 11) is 0. The Bertz CT molecular complexity index is 857. The van der Waals surface area contributed by atoms with Crippen LogP contribution in [0.15, 0.2) is 42.0 Å². The number of carbonyl (C=O) groups is 2. The number of aromatic carboxylic acids is 1. The maximum absolute atomic E-state index is 12.7. The average Bonchev–Trinajstić information content (AvgIpc) is 3.06. The molecular formula is C20H20INO4S. The fourth-order valence-corrected chi connectivity index (χ4v) is 4.25. The number of nitrogens with one attached hydrogen (secondary N) is 1. The van der Waals surface area contributed by atoms with Crippen LogP contribution in [0.5, 0.6) is 5.75 Å². The van der Waals surface area contributed by atoms with E-state index in [2.05, 4.69) is 34.0 Å². The van der Waals surface area contributed by atoms with Crippen molar-refractivity contribution in [2.45, 2.75) is 32.1 Å². The summed E-state index contributed by atoms with van der Waals surface area (Å²) in [5.41, 5.74) is 2.20. The van der Waals surface area contributed by atoms with Gasteiger partial charge in [-0.25, -0.2) is 4.79 Å². The van der Waals surface area contributed by atoms with Crippen molar-refractivity contribution in [3.8, 4) is 5.75 Å². The summed E-state index contributed by atoms with van der Waals surface area (Å²) in [5.74, 6) is -0.213. The second-order valence-electron chi connectivity index (χ2n) is 6.27. The van der Waals surface area contributed by atoms with Crippen LogP contribution in [-0.2, 0) is 0 Å². The van der Waals surface area contributed by atoms with E-state index in [9.17, 15) is 9.59 Å². The normalized spacial score (nSPS) is 13.7. The lowest BCUT2D eigenvalue weighted by atomic mass is 9.95. The number of alkyl halides is 1. The van der Waals surface area contributed by atoms with Crippen LogP contribution >= 0.6 is 33.9 Å². The van der Waals surface area contributed by atoms with Gasteiger partial charge in [0.25, 0.3) is 0 Å². The molecule has 27 heavy (non-hydrogen) atoms. The van der Waals surface area contributed by atoms with Gasteiger partial charge in [-0.1, -0.05) is 11.6 Å². The van der Waals surface area contributed by atoms with E-state index >= 15 is 0 Å². The summed E-state index contributed by atoms with van der Waals surface area (Å²) in [4.78, 5) is 24.3. The van der Waals surface area contributed by atoms with Gasteiger partial charge < -0.3 is 15.2 Å². The Morgan fingerprint density at radius 2 is 2.00 bits per heavy atom. The summed E-state index contributed by atoms with van der Waals surface area (Å²) in [6.07, 6.45) is 7.10. The standard InChI is InChI=1S/C20H20INO4S/c21-12-26-17-11-18(16(23)10-13-4-2-1-3-5-13)27-19(17)22-15-8-6-14(7-9-15)20(24)25/h4,6-9,11,22H,1-3,5,10,12H2,(H,24,25). The Balaban J connectivity index is 1.76. The number of carboxylic acids is 1. The number of hydrogen-bond donors (Lipinski definition) is 2. The summed E-state index contributed by atoms with van der Waals surface area (Å²) in [6, 6.07) is 8.27. The quantitative estimate of drug-likeness (QED) is 0.202. The number of thiophene rings is 1. The lowest BCUT2D eigenvalue weighted by molar-refractivity contribution is 0.0696. The Morgan fingerprint density at radius 3 is 2.63 bits per heavy atom. The molecule has 2 N–H and O–H groups in total. The number of halogens is 1. The SMILES string of the molecule is O=C(O)c1ccc(Nc2sc(C(=O)CC3=CCCCC3)cc2OCI)cc1. The molecule has 5 nitrogen and oxygen atoms in total. The van der Waals surface area contributed by atoms with Crippen molar-refractivity contribution in [1.29, 1.82) is 0 Å². The number of ether oxygens (including phenoxy) is 1. The number of rotatable bonds is 8. The molecule has 0 saturated carbocycles. The Morgan fingerprint density at radius 1 is 1.22 bits per heavy atom. The highest BCUT2D eigenvalue weighted by Gasteiger charge is 2.18. The summed E-state index contributed by atoms with van der Waals surface area (Å²) in [6.45, 7) is 0. The highest BCUT2D eigenvalue weighted by atomic mass is 127. The van der Waals surface area contributed by atoms with Crippen LogP contribution in [0.25, 0.3) is 0 Å². The molecule has 0 aliphatic heterocycles. The van der Waals surface area contributed by atoms with Crippen LogP contribution in [0.3, 0.4) is 0 Å². The van der Waals surface area contributed by atoms with E-state index in [-0.39, 0.29) is 11.3 Å². The van der Waals surface area contributed by atoms with Crippen molar-refractivity contribution in [2.24, 2.45) is 0 Å². The molecule has 0 saturated heterocycles. The van der Waals surface area contributed by atoms with Gasteiger partial charge in [0, 0.05) is 18.2 Å². The first-order chi connectivity index (χ1) is 13.1. The van der Waals surface area contributed by atoms with Crippen molar-refractivity contribution < 1.29 is 19.4 Å². The third-order valence-electron chi connectivity index (χ3n) is 4.35. The maximum Gasteiger partial charge on any atom is 0.335 e. The lowest BCUT2D eigenvalue weighted by Crippen LogP contribution is -2.01. The largest absolute Gasteiger partial charge is 0.480 e. The molecule has 0 radical (unpaired) electrons. The number of anilines is 2. The van der Waals surface area contributed by atoms with Crippen molar-refractivity contribution in [3.05, 3.63) is 52.4 Å². The van der Waals surface area contributed by atoms with E-state index in [4.69, 9.17) is 9.84 Å². The highest BCUT2D eigenvalue weighted by Crippen LogP contribution is 2.38. The van der Waals surface area contributed by atoms with Crippen molar-refractivity contribution in [3.63, 3.8) is 0 Å². The van der Waals surface area contributed by atoms with Crippen LogP contribution in [0.2, 0.25) is 0 Å². The van der Waals surface area contributed by atoms with Gasteiger partial charge in [0.2, 0.25) is 0 Å². The smallest absolute Gasteiger partial charge is 0.335 e. The molecular weight excluding hydrogens is 477 g/mol. The fraction of sp³-hybridized carbons (Fsp3) is 0.300. The van der Waals surface area contributed by atoms with Gasteiger partial charge in [0.1, 0.15) is 9.61 Å². The zero-order chi connectivity index (χ0) is 19.2. The third-order valence-corrected chi connectivity index (χ3v) is 5.73. The first-order valence-electron chi connectivity index (χ1n) is 8.71. The molecule has 0 bridgehead atoms. The third kappa shape index (κ3) is 5.32. The van der Waals surface area contributed by atoms with Gasteiger partial charge in [0.05, 0.1) is 10.4 Å². The zero-order valence-electron chi connectivity index (χ0n) is 14.7. The number of carbonyl (C=O) groups excluding carboxylic acids is 1. The van der Waals surface area contributed by atoms with E-state index in [1.165, 1.54) is 23.3 Å². The number of allylic oxidation sites excluding steroid dienone is 2. The number of hydrogen-bond acceptors (Lipinski definition) is 5. The molecule has 3 rings (SSSR count). The first kappa shape index (κ1) is 19.9. The second-order valence-corrected chi connectivity index (χ2v) is 7.95. The number of Topliss-reactive ketones (excluding diaryl/α,β-unsaturated/α-hetero) is 1. The molecule has 0 amide bonds. The van der Waals surface area contributed by atoms with E-state index in [0.29, 0.717) is 21.7 Å². The molecule has 1 aromatic carbocycles. The topological polar surface area (TPSA) is 75.6 Å². The van der Waals surface area contributed by atoms with Crippen LogP contribution in [0.1, 0.15) is 52.1 Å². The molecule has 1 aromatic heterocycles.